The van der Waals surface area contributed by atoms with Crippen molar-refractivity contribution >= 4 is 10.8 Å². The zero-order chi connectivity index (χ0) is 39.6. The van der Waals surface area contributed by atoms with Crippen molar-refractivity contribution in [3.8, 4) is 79.0 Å². The summed E-state index contributed by atoms with van der Waals surface area (Å²) in [4.78, 5) is 14.9. The highest BCUT2D eigenvalue weighted by Gasteiger charge is 2.51. The molecule has 0 bridgehead atoms. The highest BCUT2D eigenvalue weighted by atomic mass is 16.5. The van der Waals surface area contributed by atoms with Gasteiger partial charge in [-0.15, -0.1) is 0 Å². The van der Waals surface area contributed by atoms with Crippen LogP contribution in [0.4, 0.5) is 0 Å². The van der Waals surface area contributed by atoms with E-state index >= 15 is 0 Å². The summed E-state index contributed by atoms with van der Waals surface area (Å²) in [5.41, 5.74) is 14.2. The first-order chi connectivity index (χ1) is 29.7. The molecule has 4 nitrogen and oxygen atoms in total. The summed E-state index contributed by atoms with van der Waals surface area (Å²) < 4.78 is 6.61. The largest absolute Gasteiger partial charge is 0.457 e. The van der Waals surface area contributed by atoms with E-state index < -0.39 is 5.41 Å². The van der Waals surface area contributed by atoms with Gasteiger partial charge < -0.3 is 4.74 Å². The highest BCUT2D eigenvalue weighted by Crippen LogP contribution is 2.62. The van der Waals surface area contributed by atoms with Gasteiger partial charge in [0.25, 0.3) is 0 Å². The number of ether oxygens (including phenoxy) is 1. The van der Waals surface area contributed by atoms with Crippen LogP contribution >= 0.6 is 0 Å². The van der Waals surface area contributed by atoms with Crippen LogP contribution in [-0.2, 0) is 5.41 Å². The fourth-order valence-electron chi connectivity index (χ4n) is 9.42. The van der Waals surface area contributed by atoms with E-state index in [-0.39, 0.29) is 0 Å². The molecule has 1 aliphatic carbocycles. The van der Waals surface area contributed by atoms with E-state index in [0.717, 1.165) is 50.4 Å². The van der Waals surface area contributed by atoms with Crippen LogP contribution in [0.1, 0.15) is 22.3 Å². The van der Waals surface area contributed by atoms with Gasteiger partial charge in [0.1, 0.15) is 11.5 Å². The van der Waals surface area contributed by atoms with E-state index in [9.17, 15) is 0 Å². The van der Waals surface area contributed by atoms with Crippen LogP contribution < -0.4 is 4.74 Å². The molecule has 280 valence electrons. The number of nitrogens with zero attached hydrogens (tertiary/aromatic N) is 3. The number of benzene rings is 9. The Morgan fingerprint density at radius 3 is 1.32 bits per heavy atom. The molecule has 1 spiro atoms. The number of aromatic nitrogens is 3. The van der Waals surface area contributed by atoms with E-state index in [0.29, 0.717) is 17.5 Å². The lowest BCUT2D eigenvalue weighted by Gasteiger charge is -2.39. The molecule has 0 amide bonds. The van der Waals surface area contributed by atoms with Crippen molar-refractivity contribution < 1.29 is 4.74 Å². The van der Waals surface area contributed by atoms with Crippen LogP contribution in [0.2, 0.25) is 0 Å². The molecule has 0 atom stereocenters. The smallest absolute Gasteiger partial charge is 0.164 e. The minimum absolute atomic E-state index is 0.531. The summed E-state index contributed by atoms with van der Waals surface area (Å²) >= 11 is 0. The number of fused-ring (bicyclic) bond motifs is 10. The van der Waals surface area contributed by atoms with Crippen LogP contribution in [-0.4, -0.2) is 15.0 Å². The standard InChI is InChI=1S/C56H35N3O/c1-3-15-36(16-4-1)53-57-54(37-17-5-2-6-18-37)59-55(58-53)44-24-14-23-40(32-44)38-21-13-22-39(31-38)43-29-30-47-45(34-43)46-33-41-19-7-8-20-42(41)35-50(46)56(47)48-25-9-11-27-51(48)60-52-28-12-10-26-49(52)56/h1-35H. The second-order valence-electron chi connectivity index (χ2n) is 15.5. The third kappa shape index (κ3) is 5.35. The molecule has 60 heavy (non-hydrogen) atoms. The fraction of sp³-hybridized carbons (Fsp3) is 0.0179. The number of hydrogen-bond donors (Lipinski definition) is 0. The van der Waals surface area contributed by atoms with E-state index in [4.69, 9.17) is 19.7 Å². The van der Waals surface area contributed by atoms with Crippen molar-refractivity contribution in [1.82, 2.24) is 15.0 Å². The van der Waals surface area contributed by atoms with Crippen molar-refractivity contribution in [2.75, 3.05) is 0 Å². The summed E-state index contributed by atoms with van der Waals surface area (Å²) in [6.45, 7) is 0. The normalized spacial score (nSPS) is 12.9. The lowest BCUT2D eigenvalue weighted by molar-refractivity contribution is 0.436. The molecule has 2 heterocycles. The Morgan fingerprint density at radius 2 is 0.717 bits per heavy atom. The molecule has 10 aromatic rings. The molecule has 1 aliphatic heterocycles. The van der Waals surface area contributed by atoms with Crippen molar-refractivity contribution in [2.24, 2.45) is 0 Å². The van der Waals surface area contributed by atoms with Gasteiger partial charge in [-0.2, -0.15) is 0 Å². The zero-order valence-corrected chi connectivity index (χ0v) is 32.5. The molecule has 0 saturated carbocycles. The molecule has 12 rings (SSSR count). The topological polar surface area (TPSA) is 47.9 Å². The minimum Gasteiger partial charge on any atom is -0.457 e. The second-order valence-corrected chi connectivity index (χ2v) is 15.5. The Balaban J connectivity index is 0.988. The SMILES string of the molecule is c1ccc(-c2nc(-c3ccccc3)nc(-c3cccc(-c4cccc(-c5ccc6c(c5)-c5cc7ccccc7cc5C65c6ccccc6Oc6ccccc65)c4)c3)n2)cc1. The van der Waals surface area contributed by atoms with Crippen LogP contribution in [0, 0.1) is 0 Å². The molecular formula is C56H35N3O. The fourth-order valence-corrected chi connectivity index (χ4v) is 9.42. The third-order valence-corrected chi connectivity index (χ3v) is 12.2. The number of hydrogen-bond acceptors (Lipinski definition) is 4. The minimum atomic E-state index is -0.531. The van der Waals surface area contributed by atoms with Gasteiger partial charge in [0, 0.05) is 27.8 Å². The Labute approximate surface area is 348 Å². The Bertz CT molecular complexity index is 3200. The van der Waals surface area contributed by atoms with Gasteiger partial charge in [-0.25, -0.2) is 15.0 Å². The quantitative estimate of drug-likeness (QED) is 0.175. The third-order valence-electron chi connectivity index (χ3n) is 12.2. The van der Waals surface area contributed by atoms with E-state index in [2.05, 4.69) is 152 Å². The summed E-state index contributed by atoms with van der Waals surface area (Å²) in [5.74, 6) is 3.72. The molecule has 0 saturated heterocycles. The Kier molecular flexibility index (Phi) is 7.72. The highest BCUT2D eigenvalue weighted by molar-refractivity contribution is 5.98. The molecule has 0 radical (unpaired) electrons. The van der Waals surface area contributed by atoms with Gasteiger partial charge in [0.2, 0.25) is 0 Å². The van der Waals surface area contributed by atoms with Gasteiger partial charge in [0.15, 0.2) is 17.5 Å². The van der Waals surface area contributed by atoms with Crippen molar-refractivity contribution in [3.63, 3.8) is 0 Å². The zero-order valence-electron chi connectivity index (χ0n) is 32.5. The van der Waals surface area contributed by atoms with E-state index in [1.807, 2.05) is 60.7 Å². The Hall–Kier alpha value is -7.95. The van der Waals surface area contributed by atoms with Gasteiger partial charge >= 0.3 is 0 Å². The molecule has 4 heteroatoms. The van der Waals surface area contributed by atoms with E-state index in [1.165, 1.54) is 44.2 Å². The lowest BCUT2D eigenvalue weighted by atomic mass is 9.66. The van der Waals surface area contributed by atoms with Crippen molar-refractivity contribution in [2.45, 2.75) is 5.41 Å². The van der Waals surface area contributed by atoms with Crippen LogP contribution in [0.5, 0.6) is 11.5 Å². The van der Waals surface area contributed by atoms with Gasteiger partial charge in [-0.1, -0.05) is 170 Å². The number of rotatable bonds is 5. The molecule has 1 aromatic heterocycles. The van der Waals surface area contributed by atoms with Crippen LogP contribution in [0.15, 0.2) is 212 Å². The van der Waals surface area contributed by atoms with Gasteiger partial charge in [-0.3, -0.25) is 0 Å². The van der Waals surface area contributed by atoms with Gasteiger partial charge in [0.05, 0.1) is 5.41 Å². The van der Waals surface area contributed by atoms with Crippen LogP contribution in [0.25, 0.3) is 78.3 Å². The molecule has 0 fully saturated rings. The monoisotopic (exact) mass is 765 g/mol. The first kappa shape index (κ1) is 34.1. The van der Waals surface area contributed by atoms with Crippen LogP contribution in [0.3, 0.4) is 0 Å². The predicted molar refractivity (Wildman–Crippen MR) is 242 cm³/mol. The average Bonchev–Trinajstić information content (AvgIpc) is 3.60. The second kappa shape index (κ2) is 13.6. The first-order valence-corrected chi connectivity index (χ1v) is 20.3. The summed E-state index contributed by atoms with van der Waals surface area (Å²) in [6, 6.07) is 75.2. The maximum atomic E-state index is 6.61. The van der Waals surface area contributed by atoms with E-state index in [1.54, 1.807) is 0 Å². The van der Waals surface area contributed by atoms with Gasteiger partial charge in [-0.05, 0) is 97.7 Å². The average molecular weight is 766 g/mol. The maximum Gasteiger partial charge on any atom is 0.164 e. The van der Waals surface area contributed by atoms with Crippen molar-refractivity contribution in [3.05, 3.63) is 235 Å². The predicted octanol–water partition coefficient (Wildman–Crippen LogP) is 13.8. The molecule has 0 N–H and O–H groups in total. The summed E-state index contributed by atoms with van der Waals surface area (Å²) in [7, 11) is 0. The Morgan fingerprint density at radius 1 is 0.283 bits per heavy atom. The number of para-hydroxylation sites is 2. The van der Waals surface area contributed by atoms with Crippen molar-refractivity contribution in [1.29, 1.82) is 0 Å². The molecule has 2 aliphatic rings. The summed E-state index contributed by atoms with van der Waals surface area (Å²) in [5, 5.41) is 2.45. The molecular weight excluding hydrogens is 731 g/mol. The lowest BCUT2D eigenvalue weighted by Crippen LogP contribution is -2.32. The molecule has 0 unspecified atom stereocenters. The maximum absolute atomic E-state index is 6.61. The first-order valence-electron chi connectivity index (χ1n) is 20.3. The summed E-state index contributed by atoms with van der Waals surface area (Å²) in [6.07, 6.45) is 0. The molecule has 9 aromatic carbocycles.